The van der Waals surface area contributed by atoms with E-state index in [1.54, 1.807) is 25.3 Å². The topological polar surface area (TPSA) is 72.8 Å². The molecule has 0 aliphatic heterocycles. The number of benzene rings is 1. The molecule has 1 aromatic carbocycles. The number of halogens is 1. The van der Waals surface area contributed by atoms with Crippen molar-refractivity contribution in [1.82, 2.24) is 0 Å². The lowest BCUT2D eigenvalue weighted by molar-refractivity contribution is 0.0531. The van der Waals surface area contributed by atoms with E-state index in [9.17, 15) is 13.2 Å². The molecule has 1 aliphatic carbocycles. The van der Waals surface area contributed by atoms with Crippen LogP contribution >= 0.6 is 22.9 Å². The van der Waals surface area contributed by atoms with E-state index in [1.807, 2.05) is 12.2 Å². The smallest absolute Gasteiger partial charge is 0.348 e. The fourth-order valence-electron chi connectivity index (χ4n) is 2.76. The molecule has 1 aromatic heterocycles. The molecule has 0 spiro atoms. The highest BCUT2D eigenvalue weighted by atomic mass is 35.5. The normalized spacial score (nSPS) is 14.8. The van der Waals surface area contributed by atoms with Gasteiger partial charge in [0.2, 0.25) is 0 Å². The Kier molecular flexibility index (Phi) is 6.20. The molecule has 9 heteroatoms. The third-order valence-electron chi connectivity index (χ3n) is 3.91. The summed E-state index contributed by atoms with van der Waals surface area (Å²) < 4.78 is 35.4. The summed E-state index contributed by atoms with van der Waals surface area (Å²) in [6.45, 7) is 2.05. The van der Waals surface area contributed by atoms with Gasteiger partial charge in [0.1, 0.15) is 9.77 Å². The molecule has 144 valence electrons. The van der Waals surface area contributed by atoms with Crippen LogP contribution in [-0.2, 0) is 31.9 Å². The zero-order valence-electron chi connectivity index (χ0n) is 14.8. The van der Waals surface area contributed by atoms with E-state index in [2.05, 4.69) is 3.77 Å². The molecule has 0 N–H and O–H groups in total. The van der Waals surface area contributed by atoms with Crippen molar-refractivity contribution in [2.24, 2.45) is 3.77 Å². The molecular weight excluding hydrogens is 426 g/mol. The number of allylic oxidation sites excluding steroid dienone is 1. The minimum absolute atomic E-state index is 0.0161. The van der Waals surface area contributed by atoms with Gasteiger partial charge in [-0.05, 0) is 54.4 Å². The number of hydrogen-bond donors (Lipinski definition) is 0. The van der Waals surface area contributed by atoms with Gasteiger partial charge in [-0.15, -0.1) is 15.1 Å². The van der Waals surface area contributed by atoms with E-state index in [0.717, 1.165) is 28.2 Å². The Morgan fingerprint density at radius 2 is 2.11 bits per heavy atom. The highest BCUT2D eigenvalue weighted by Crippen LogP contribution is 2.37. The molecule has 0 unspecified atom stereocenters. The van der Waals surface area contributed by atoms with Crippen LogP contribution in [0.5, 0.6) is 0 Å². The first-order valence-electron chi connectivity index (χ1n) is 8.23. The molecule has 3 rings (SSSR count). The first kappa shape index (κ1) is 20.3. The molecule has 0 bridgehead atoms. The van der Waals surface area contributed by atoms with E-state index in [-0.39, 0.29) is 15.9 Å². The summed E-state index contributed by atoms with van der Waals surface area (Å²) in [6, 6.07) is 6.23. The van der Waals surface area contributed by atoms with Crippen LogP contribution in [0.3, 0.4) is 0 Å². The summed E-state index contributed by atoms with van der Waals surface area (Å²) in [5.74, 6) is -0.369. The summed E-state index contributed by atoms with van der Waals surface area (Å²) in [5.41, 5.74) is 1.80. The second-order valence-electron chi connectivity index (χ2n) is 5.73. The van der Waals surface area contributed by atoms with Crippen LogP contribution in [0.15, 0.2) is 43.2 Å². The van der Waals surface area contributed by atoms with Crippen LogP contribution in [0.4, 0.5) is 0 Å². The average Bonchev–Trinajstić information content (AvgIpc) is 3.02. The van der Waals surface area contributed by atoms with Crippen LogP contribution in [-0.4, -0.2) is 27.2 Å². The monoisotopic (exact) mass is 443 g/mol. The Labute approximate surface area is 170 Å². The van der Waals surface area contributed by atoms with Crippen molar-refractivity contribution in [1.29, 1.82) is 0 Å². The Balaban J connectivity index is 2.09. The number of fused-ring (bicyclic) bond motifs is 1. The van der Waals surface area contributed by atoms with Gasteiger partial charge in [0.25, 0.3) is 10.0 Å². The zero-order valence-corrected chi connectivity index (χ0v) is 18.0. The number of carbonyl (C=O) groups excluding carboxylic acids is 1. The van der Waals surface area contributed by atoms with Crippen LogP contribution < -0.4 is 0 Å². The fourth-order valence-corrected chi connectivity index (χ4v) is 8.00. The van der Waals surface area contributed by atoms with E-state index in [0.29, 0.717) is 11.5 Å². The fraction of sp³-hybridized carbons (Fsp3) is 0.278. The summed E-state index contributed by atoms with van der Waals surface area (Å²) >= 11 is 7.30. The number of hydrogen-bond acceptors (Lipinski definition) is 5. The SMILES string of the molecule is CCOC(=O)c1sc([S@](C)=NS(=O)(=O)c2ccccc2Cl)c2c1CCC=C2. The minimum atomic E-state index is -3.91. The van der Waals surface area contributed by atoms with Crippen LogP contribution in [0.25, 0.3) is 6.08 Å². The second kappa shape index (κ2) is 8.26. The Bertz CT molecular complexity index is 1050. The number of sulfonamides is 1. The molecule has 2 aromatic rings. The van der Waals surface area contributed by atoms with Crippen molar-refractivity contribution in [3.8, 4) is 0 Å². The lowest BCUT2D eigenvalue weighted by atomic mass is 10.00. The second-order valence-corrected chi connectivity index (χ2v) is 10.8. The lowest BCUT2D eigenvalue weighted by Gasteiger charge is -2.09. The van der Waals surface area contributed by atoms with Crippen molar-refractivity contribution < 1.29 is 17.9 Å². The number of ether oxygens (including phenoxy) is 1. The summed E-state index contributed by atoms with van der Waals surface area (Å²) in [6.07, 6.45) is 7.26. The maximum Gasteiger partial charge on any atom is 0.348 e. The van der Waals surface area contributed by atoms with Crippen LogP contribution in [0.2, 0.25) is 5.02 Å². The van der Waals surface area contributed by atoms with E-state index in [1.165, 1.54) is 23.5 Å². The summed E-state index contributed by atoms with van der Waals surface area (Å²) in [7, 11) is -4.88. The number of esters is 1. The van der Waals surface area contributed by atoms with E-state index >= 15 is 0 Å². The quantitative estimate of drug-likeness (QED) is 0.627. The van der Waals surface area contributed by atoms with Gasteiger partial charge in [-0.1, -0.05) is 35.9 Å². The van der Waals surface area contributed by atoms with Crippen molar-refractivity contribution in [3.63, 3.8) is 0 Å². The summed E-state index contributed by atoms with van der Waals surface area (Å²) in [5, 5.41) is 0.138. The average molecular weight is 444 g/mol. The van der Waals surface area contributed by atoms with Gasteiger partial charge >= 0.3 is 5.97 Å². The molecule has 0 saturated heterocycles. The molecule has 0 saturated carbocycles. The molecule has 1 atom stereocenters. The van der Waals surface area contributed by atoms with Gasteiger partial charge in [0.15, 0.2) is 0 Å². The van der Waals surface area contributed by atoms with E-state index < -0.39 is 20.7 Å². The van der Waals surface area contributed by atoms with E-state index in [4.69, 9.17) is 16.3 Å². The van der Waals surface area contributed by atoms with Gasteiger partial charge in [-0.2, -0.15) is 8.42 Å². The van der Waals surface area contributed by atoms with Crippen LogP contribution in [0.1, 0.15) is 34.1 Å². The third kappa shape index (κ3) is 4.18. The maximum atomic E-state index is 12.7. The Hall–Kier alpha value is -1.48. The standard InChI is InChI=1S/C18H18ClNO4S3/c1-3-24-17(21)16-12-8-4-5-9-13(12)18(25-16)26(2)20-27(22,23)15-11-7-6-10-14(15)19/h5-7,9-11H,3-4,8H2,1-2H3/t26-/m0/s1. The molecule has 1 heterocycles. The largest absolute Gasteiger partial charge is 0.462 e. The van der Waals surface area contributed by atoms with Crippen LogP contribution in [0, 0.1) is 0 Å². The summed E-state index contributed by atoms with van der Waals surface area (Å²) in [4.78, 5) is 12.8. The predicted molar refractivity (Wildman–Crippen MR) is 110 cm³/mol. The third-order valence-corrected chi connectivity index (χ3v) is 9.70. The van der Waals surface area contributed by atoms with Gasteiger partial charge < -0.3 is 4.74 Å². The van der Waals surface area contributed by atoms with Gasteiger partial charge in [-0.3, -0.25) is 0 Å². The molecular formula is C18H18ClNO4S3. The first-order valence-corrected chi connectivity index (χ1v) is 12.5. The molecule has 0 amide bonds. The lowest BCUT2D eigenvalue weighted by Crippen LogP contribution is -2.06. The first-order chi connectivity index (χ1) is 12.8. The van der Waals surface area contributed by atoms with Crippen molar-refractivity contribution >= 4 is 55.7 Å². The highest BCUT2D eigenvalue weighted by Gasteiger charge is 2.26. The Morgan fingerprint density at radius 1 is 1.37 bits per heavy atom. The molecule has 1 aliphatic rings. The van der Waals surface area contributed by atoms with Gasteiger partial charge in [-0.25, -0.2) is 4.79 Å². The zero-order chi connectivity index (χ0) is 19.6. The molecule has 0 fully saturated rings. The minimum Gasteiger partial charge on any atom is -0.462 e. The highest BCUT2D eigenvalue weighted by molar-refractivity contribution is 8.00. The number of thiophene rings is 1. The van der Waals surface area contributed by atoms with Crippen molar-refractivity contribution in [2.75, 3.05) is 12.9 Å². The predicted octanol–water partition coefficient (Wildman–Crippen LogP) is 4.72. The Morgan fingerprint density at radius 3 is 2.81 bits per heavy atom. The van der Waals surface area contributed by atoms with Crippen molar-refractivity contribution in [3.05, 3.63) is 51.4 Å². The number of nitrogens with zero attached hydrogens (tertiary/aromatic N) is 1. The van der Waals surface area contributed by atoms with Gasteiger partial charge in [0, 0.05) is 5.56 Å². The molecule has 0 radical (unpaired) electrons. The van der Waals surface area contributed by atoms with Crippen molar-refractivity contribution in [2.45, 2.75) is 28.9 Å². The number of carbonyl (C=O) groups is 1. The van der Waals surface area contributed by atoms with Gasteiger partial charge in [0.05, 0.1) is 15.8 Å². The maximum absolute atomic E-state index is 12.7. The molecule has 27 heavy (non-hydrogen) atoms. The molecule has 5 nitrogen and oxygen atoms in total. The number of rotatable bonds is 5.